The maximum absolute atomic E-state index is 4.56. The average molecular weight is 260 g/mol. The molecule has 2 unspecified atom stereocenters. The van der Waals surface area contributed by atoms with E-state index < -0.39 is 0 Å². The Bertz CT molecular complexity index is 344. The molecule has 0 spiro atoms. The maximum Gasteiger partial charge on any atom is 0.0447 e. The summed E-state index contributed by atoms with van der Waals surface area (Å²) in [5.41, 5.74) is 1.24. The molecule has 0 saturated heterocycles. The summed E-state index contributed by atoms with van der Waals surface area (Å²) in [7, 11) is 0. The number of nitrogens with zero attached hydrogens (tertiary/aromatic N) is 1. The summed E-state index contributed by atoms with van der Waals surface area (Å²) < 4.78 is 0. The van der Waals surface area contributed by atoms with Crippen LogP contribution in [0.1, 0.15) is 64.0 Å². The number of rotatable bonds is 6. The van der Waals surface area contributed by atoms with Crippen LogP contribution < -0.4 is 5.32 Å². The highest BCUT2D eigenvalue weighted by atomic mass is 14.9. The molecule has 2 atom stereocenters. The Morgan fingerprint density at radius 3 is 2.68 bits per heavy atom. The molecule has 1 saturated carbocycles. The van der Waals surface area contributed by atoms with E-state index in [2.05, 4.69) is 36.3 Å². The highest BCUT2D eigenvalue weighted by Crippen LogP contribution is 2.32. The van der Waals surface area contributed by atoms with E-state index in [1.54, 1.807) is 0 Å². The second-order valence-electron chi connectivity index (χ2n) is 5.92. The Morgan fingerprint density at radius 2 is 2.05 bits per heavy atom. The minimum atomic E-state index is 0.510. The fourth-order valence-electron chi connectivity index (χ4n) is 3.39. The molecule has 0 aliphatic heterocycles. The summed E-state index contributed by atoms with van der Waals surface area (Å²) in [4.78, 5) is 4.56. The van der Waals surface area contributed by atoms with Crippen LogP contribution in [0.25, 0.3) is 0 Å². The summed E-state index contributed by atoms with van der Waals surface area (Å²) in [5, 5.41) is 3.80. The van der Waals surface area contributed by atoms with Gasteiger partial charge >= 0.3 is 0 Å². The van der Waals surface area contributed by atoms with E-state index in [0.717, 1.165) is 12.5 Å². The molecule has 2 heteroatoms. The van der Waals surface area contributed by atoms with Gasteiger partial charge in [-0.05, 0) is 43.9 Å². The van der Waals surface area contributed by atoms with E-state index in [1.807, 2.05) is 12.3 Å². The molecule has 1 fully saturated rings. The second kappa shape index (κ2) is 7.64. The van der Waals surface area contributed by atoms with Crippen LogP contribution in [-0.2, 0) is 0 Å². The molecular formula is C17H28N2. The minimum absolute atomic E-state index is 0.510. The molecule has 0 radical (unpaired) electrons. The zero-order chi connectivity index (χ0) is 13.5. The van der Waals surface area contributed by atoms with Crippen LogP contribution in [0.15, 0.2) is 24.4 Å². The summed E-state index contributed by atoms with van der Waals surface area (Å²) >= 11 is 0. The fourth-order valence-corrected chi connectivity index (χ4v) is 3.39. The lowest BCUT2D eigenvalue weighted by molar-refractivity contribution is 0.243. The van der Waals surface area contributed by atoms with Gasteiger partial charge in [-0.15, -0.1) is 0 Å². The highest BCUT2D eigenvalue weighted by molar-refractivity contribution is 5.12. The van der Waals surface area contributed by atoms with Crippen LogP contribution in [-0.4, -0.2) is 17.6 Å². The van der Waals surface area contributed by atoms with E-state index in [-0.39, 0.29) is 0 Å². The molecule has 1 aromatic rings. The molecule has 1 aliphatic carbocycles. The van der Waals surface area contributed by atoms with E-state index in [0.29, 0.717) is 12.0 Å². The van der Waals surface area contributed by atoms with Gasteiger partial charge in [-0.1, -0.05) is 39.2 Å². The lowest BCUT2D eigenvalue weighted by Crippen LogP contribution is -2.41. The number of aromatic nitrogens is 1. The molecule has 2 nitrogen and oxygen atoms in total. The zero-order valence-corrected chi connectivity index (χ0v) is 12.4. The normalized spacial score (nSPS) is 20.1. The van der Waals surface area contributed by atoms with E-state index in [9.17, 15) is 0 Å². The van der Waals surface area contributed by atoms with Gasteiger partial charge in [0.05, 0.1) is 0 Å². The second-order valence-corrected chi connectivity index (χ2v) is 5.92. The largest absolute Gasteiger partial charge is 0.313 e. The Morgan fingerprint density at radius 1 is 1.26 bits per heavy atom. The topological polar surface area (TPSA) is 24.9 Å². The standard InChI is InChI=1S/C17H28N2/c1-3-12-19-17(15-9-5-4-6-10-15)14(2)16-11-7-8-13-18-16/h7-8,11,13-15,17,19H,3-6,9-10,12H2,1-2H3. The number of hydrogen-bond acceptors (Lipinski definition) is 2. The predicted molar refractivity (Wildman–Crippen MR) is 81.3 cm³/mol. The van der Waals surface area contributed by atoms with Crippen LogP contribution in [0.5, 0.6) is 0 Å². The molecule has 19 heavy (non-hydrogen) atoms. The van der Waals surface area contributed by atoms with Gasteiger partial charge in [0.2, 0.25) is 0 Å². The third kappa shape index (κ3) is 4.04. The zero-order valence-electron chi connectivity index (χ0n) is 12.4. The first-order chi connectivity index (χ1) is 9.33. The highest BCUT2D eigenvalue weighted by Gasteiger charge is 2.28. The van der Waals surface area contributed by atoms with Crippen LogP contribution >= 0.6 is 0 Å². The van der Waals surface area contributed by atoms with E-state index in [1.165, 1.54) is 44.2 Å². The predicted octanol–water partition coefficient (Wildman–Crippen LogP) is 4.13. The monoisotopic (exact) mass is 260 g/mol. The van der Waals surface area contributed by atoms with Crippen molar-refractivity contribution < 1.29 is 0 Å². The van der Waals surface area contributed by atoms with Gasteiger partial charge in [0, 0.05) is 23.9 Å². The smallest absolute Gasteiger partial charge is 0.0447 e. The minimum Gasteiger partial charge on any atom is -0.313 e. The van der Waals surface area contributed by atoms with Crippen LogP contribution in [0.3, 0.4) is 0 Å². The van der Waals surface area contributed by atoms with Crippen molar-refractivity contribution in [1.82, 2.24) is 10.3 Å². The van der Waals surface area contributed by atoms with E-state index >= 15 is 0 Å². The van der Waals surface area contributed by atoms with Crippen molar-refractivity contribution in [2.75, 3.05) is 6.54 Å². The molecule has 0 bridgehead atoms. The van der Waals surface area contributed by atoms with Gasteiger partial charge in [-0.2, -0.15) is 0 Å². The fraction of sp³-hybridized carbons (Fsp3) is 0.706. The lowest BCUT2D eigenvalue weighted by Gasteiger charge is -2.35. The first kappa shape index (κ1) is 14.5. The molecular weight excluding hydrogens is 232 g/mol. The molecule has 0 amide bonds. The van der Waals surface area contributed by atoms with Crippen molar-refractivity contribution in [3.05, 3.63) is 30.1 Å². The summed E-state index contributed by atoms with van der Waals surface area (Å²) in [5.74, 6) is 1.34. The first-order valence-electron chi connectivity index (χ1n) is 7.97. The summed E-state index contributed by atoms with van der Waals surface area (Å²) in [6.45, 7) is 5.71. The molecule has 1 heterocycles. The number of hydrogen-bond donors (Lipinski definition) is 1. The summed E-state index contributed by atoms with van der Waals surface area (Å²) in [6.07, 6.45) is 10.1. The maximum atomic E-state index is 4.56. The first-order valence-corrected chi connectivity index (χ1v) is 7.97. The molecule has 1 N–H and O–H groups in total. The number of nitrogens with one attached hydrogen (secondary N) is 1. The van der Waals surface area contributed by atoms with Crippen molar-refractivity contribution in [3.63, 3.8) is 0 Å². The Hall–Kier alpha value is -0.890. The van der Waals surface area contributed by atoms with Gasteiger partial charge in [0.15, 0.2) is 0 Å². The van der Waals surface area contributed by atoms with Crippen LogP contribution in [0, 0.1) is 5.92 Å². The number of pyridine rings is 1. The Kier molecular flexibility index (Phi) is 5.84. The van der Waals surface area contributed by atoms with Crippen molar-refractivity contribution in [3.8, 4) is 0 Å². The Balaban J connectivity index is 2.07. The van der Waals surface area contributed by atoms with Gasteiger partial charge in [0.25, 0.3) is 0 Å². The van der Waals surface area contributed by atoms with E-state index in [4.69, 9.17) is 0 Å². The molecule has 2 rings (SSSR count). The third-order valence-electron chi connectivity index (χ3n) is 4.48. The summed E-state index contributed by atoms with van der Waals surface area (Å²) in [6, 6.07) is 6.88. The Labute approximate surface area is 118 Å². The quantitative estimate of drug-likeness (QED) is 0.831. The average Bonchev–Trinajstić information content (AvgIpc) is 2.49. The molecule has 1 aliphatic rings. The van der Waals surface area contributed by atoms with Crippen molar-refractivity contribution in [2.45, 2.75) is 64.3 Å². The van der Waals surface area contributed by atoms with Crippen molar-refractivity contribution in [2.24, 2.45) is 5.92 Å². The molecule has 106 valence electrons. The molecule has 0 aromatic carbocycles. The van der Waals surface area contributed by atoms with Crippen molar-refractivity contribution in [1.29, 1.82) is 0 Å². The van der Waals surface area contributed by atoms with Gasteiger partial charge in [0.1, 0.15) is 0 Å². The lowest BCUT2D eigenvalue weighted by atomic mass is 9.78. The SMILES string of the molecule is CCCNC(C1CCCCC1)C(C)c1ccccn1. The third-order valence-corrected chi connectivity index (χ3v) is 4.48. The van der Waals surface area contributed by atoms with Gasteiger partial charge < -0.3 is 5.32 Å². The molecule has 1 aromatic heterocycles. The van der Waals surface area contributed by atoms with Crippen LogP contribution in [0.2, 0.25) is 0 Å². The van der Waals surface area contributed by atoms with Crippen molar-refractivity contribution >= 4 is 0 Å². The van der Waals surface area contributed by atoms with Gasteiger partial charge in [-0.3, -0.25) is 4.98 Å². The van der Waals surface area contributed by atoms with Crippen LogP contribution in [0.4, 0.5) is 0 Å². The van der Waals surface area contributed by atoms with Gasteiger partial charge in [-0.25, -0.2) is 0 Å².